The van der Waals surface area contributed by atoms with Crippen LogP contribution in [-0.4, -0.2) is 43.2 Å². The van der Waals surface area contributed by atoms with Gasteiger partial charge in [0.15, 0.2) is 0 Å². The number of carbonyl (C=O) groups is 1. The van der Waals surface area contributed by atoms with Gasteiger partial charge >= 0.3 is 5.97 Å². The molecule has 0 bridgehead atoms. The van der Waals surface area contributed by atoms with Crippen LogP contribution in [0.3, 0.4) is 0 Å². The molecule has 2 fully saturated rings. The molecule has 4 heteroatoms. The van der Waals surface area contributed by atoms with Crippen LogP contribution >= 0.6 is 0 Å². The molecule has 0 aromatic heterocycles. The normalized spacial score (nSPS) is 32.7. The Bertz CT molecular complexity index is 241. The lowest BCUT2D eigenvalue weighted by atomic mass is 9.92. The maximum absolute atomic E-state index is 11.2. The summed E-state index contributed by atoms with van der Waals surface area (Å²) in [7, 11) is 1.45. The first-order valence-corrected chi connectivity index (χ1v) is 5.75. The molecule has 0 spiro atoms. The standard InChI is InChI=1S/C11H20N2O2/c1-15-11(14)5-8-4-9(12)7-13(6-8)10-2-3-10/h8-10H,2-7,12H2,1H3. The highest BCUT2D eigenvalue weighted by atomic mass is 16.5. The van der Waals surface area contributed by atoms with E-state index in [1.165, 1.54) is 20.0 Å². The molecule has 2 aliphatic rings. The molecule has 0 radical (unpaired) electrons. The van der Waals surface area contributed by atoms with Crippen molar-refractivity contribution in [2.75, 3.05) is 20.2 Å². The van der Waals surface area contributed by atoms with Gasteiger partial charge in [0, 0.05) is 31.6 Å². The Morgan fingerprint density at radius 1 is 1.47 bits per heavy atom. The molecule has 1 saturated heterocycles. The molecule has 2 atom stereocenters. The first-order valence-electron chi connectivity index (χ1n) is 5.75. The molecule has 2 unspecified atom stereocenters. The van der Waals surface area contributed by atoms with Crippen molar-refractivity contribution in [3.05, 3.63) is 0 Å². The van der Waals surface area contributed by atoms with E-state index in [0.29, 0.717) is 12.3 Å². The summed E-state index contributed by atoms with van der Waals surface area (Å²) in [5, 5.41) is 0. The van der Waals surface area contributed by atoms with Gasteiger partial charge in [0.05, 0.1) is 7.11 Å². The molecule has 2 N–H and O–H groups in total. The van der Waals surface area contributed by atoms with Crippen molar-refractivity contribution in [1.82, 2.24) is 4.90 Å². The van der Waals surface area contributed by atoms with Crippen molar-refractivity contribution in [2.45, 2.75) is 37.8 Å². The van der Waals surface area contributed by atoms with Crippen LogP contribution in [0, 0.1) is 5.92 Å². The van der Waals surface area contributed by atoms with Gasteiger partial charge in [-0.3, -0.25) is 9.69 Å². The Morgan fingerprint density at radius 2 is 2.20 bits per heavy atom. The van der Waals surface area contributed by atoms with Gasteiger partial charge in [0.2, 0.25) is 0 Å². The summed E-state index contributed by atoms with van der Waals surface area (Å²) in [5.74, 6) is 0.284. The van der Waals surface area contributed by atoms with E-state index < -0.39 is 0 Å². The molecule has 1 aliphatic carbocycles. The molecule has 2 rings (SSSR count). The average Bonchev–Trinajstić information content (AvgIpc) is 2.99. The molecule has 0 amide bonds. The van der Waals surface area contributed by atoms with Gasteiger partial charge in [-0.1, -0.05) is 0 Å². The average molecular weight is 212 g/mol. The number of hydrogen-bond acceptors (Lipinski definition) is 4. The van der Waals surface area contributed by atoms with Crippen LogP contribution in [0.5, 0.6) is 0 Å². The van der Waals surface area contributed by atoms with Crippen molar-refractivity contribution < 1.29 is 9.53 Å². The quantitative estimate of drug-likeness (QED) is 0.686. The first-order chi connectivity index (χ1) is 7.19. The Morgan fingerprint density at radius 3 is 2.80 bits per heavy atom. The Balaban J connectivity index is 1.85. The fourth-order valence-corrected chi connectivity index (χ4v) is 2.49. The summed E-state index contributed by atoms with van der Waals surface area (Å²) < 4.78 is 4.70. The minimum atomic E-state index is -0.107. The number of carbonyl (C=O) groups excluding carboxylic acids is 1. The van der Waals surface area contributed by atoms with Gasteiger partial charge in [-0.25, -0.2) is 0 Å². The van der Waals surface area contributed by atoms with Crippen LogP contribution in [0.4, 0.5) is 0 Å². The second-order valence-corrected chi connectivity index (χ2v) is 4.83. The molecule has 1 saturated carbocycles. The molecular weight excluding hydrogens is 192 g/mol. The molecule has 0 aromatic rings. The number of nitrogens with zero attached hydrogens (tertiary/aromatic N) is 1. The summed E-state index contributed by atoms with van der Waals surface area (Å²) in [4.78, 5) is 13.6. The van der Waals surface area contributed by atoms with Crippen molar-refractivity contribution in [2.24, 2.45) is 11.7 Å². The van der Waals surface area contributed by atoms with E-state index in [4.69, 9.17) is 10.5 Å². The number of ether oxygens (including phenoxy) is 1. The second kappa shape index (κ2) is 4.49. The highest BCUT2D eigenvalue weighted by Gasteiger charge is 2.35. The second-order valence-electron chi connectivity index (χ2n) is 4.83. The van der Waals surface area contributed by atoms with E-state index in [1.807, 2.05) is 0 Å². The van der Waals surface area contributed by atoms with Gasteiger partial charge in [-0.15, -0.1) is 0 Å². The molecule has 0 aromatic carbocycles. The molecular formula is C11H20N2O2. The number of esters is 1. The number of nitrogens with two attached hydrogens (primary N) is 1. The highest BCUT2D eigenvalue weighted by molar-refractivity contribution is 5.69. The maximum Gasteiger partial charge on any atom is 0.305 e. The predicted molar refractivity (Wildman–Crippen MR) is 57.3 cm³/mol. The largest absolute Gasteiger partial charge is 0.469 e. The lowest BCUT2D eigenvalue weighted by molar-refractivity contribution is -0.142. The zero-order valence-electron chi connectivity index (χ0n) is 9.32. The van der Waals surface area contributed by atoms with Crippen molar-refractivity contribution >= 4 is 5.97 Å². The monoisotopic (exact) mass is 212 g/mol. The molecule has 1 heterocycles. The fraction of sp³-hybridized carbons (Fsp3) is 0.909. The summed E-state index contributed by atoms with van der Waals surface area (Å²) in [5.41, 5.74) is 6.00. The predicted octanol–water partition coefficient (Wildman–Crippen LogP) is 0.361. The Kier molecular flexibility index (Phi) is 3.26. The van der Waals surface area contributed by atoms with Crippen LogP contribution in [0.1, 0.15) is 25.7 Å². The third-order valence-electron chi connectivity index (χ3n) is 3.34. The zero-order chi connectivity index (χ0) is 10.8. The van der Waals surface area contributed by atoms with Gasteiger partial charge < -0.3 is 10.5 Å². The van der Waals surface area contributed by atoms with E-state index in [0.717, 1.165) is 25.6 Å². The Labute approximate surface area is 90.8 Å². The third-order valence-corrected chi connectivity index (χ3v) is 3.34. The lowest BCUT2D eigenvalue weighted by Gasteiger charge is -2.36. The molecule has 4 nitrogen and oxygen atoms in total. The van der Waals surface area contributed by atoms with E-state index in [1.54, 1.807) is 0 Å². The van der Waals surface area contributed by atoms with Crippen LogP contribution in [0.25, 0.3) is 0 Å². The fourth-order valence-electron chi connectivity index (χ4n) is 2.49. The number of hydrogen-bond donors (Lipinski definition) is 1. The first kappa shape index (κ1) is 10.9. The number of methoxy groups -OCH3 is 1. The minimum absolute atomic E-state index is 0.107. The van der Waals surface area contributed by atoms with Crippen molar-refractivity contribution in [1.29, 1.82) is 0 Å². The van der Waals surface area contributed by atoms with Gasteiger partial charge in [0.1, 0.15) is 0 Å². The number of piperidine rings is 1. The smallest absolute Gasteiger partial charge is 0.305 e. The lowest BCUT2D eigenvalue weighted by Crippen LogP contribution is -2.48. The molecule has 1 aliphatic heterocycles. The van der Waals surface area contributed by atoms with Crippen LogP contribution in [0.2, 0.25) is 0 Å². The van der Waals surface area contributed by atoms with E-state index in [2.05, 4.69) is 4.90 Å². The van der Waals surface area contributed by atoms with Gasteiger partial charge in [-0.05, 0) is 25.2 Å². The van der Waals surface area contributed by atoms with E-state index in [9.17, 15) is 4.79 Å². The summed E-state index contributed by atoms with van der Waals surface area (Å²) in [6.07, 6.45) is 4.08. The van der Waals surface area contributed by atoms with Gasteiger partial charge in [-0.2, -0.15) is 0 Å². The van der Waals surface area contributed by atoms with Crippen molar-refractivity contribution in [3.63, 3.8) is 0 Å². The summed E-state index contributed by atoms with van der Waals surface area (Å²) in [6, 6.07) is 0.977. The van der Waals surface area contributed by atoms with E-state index >= 15 is 0 Å². The number of likely N-dealkylation sites (tertiary alicyclic amines) is 1. The highest BCUT2D eigenvalue weighted by Crippen LogP contribution is 2.31. The van der Waals surface area contributed by atoms with Crippen LogP contribution < -0.4 is 5.73 Å². The Hall–Kier alpha value is -0.610. The molecule has 15 heavy (non-hydrogen) atoms. The SMILES string of the molecule is COC(=O)CC1CC(N)CN(C2CC2)C1. The third kappa shape index (κ3) is 2.92. The maximum atomic E-state index is 11.2. The molecule has 86 valence electrons. The summed E-state index contributed by atoms with van der Waals surface area (Å²) >= 11 is 0. The van der Waals surface area contributed by atoms with Crippen LogP contribution in [-0.2, 0) is 9.53 Å². The zero-order valence-corrected chi connectivity index (χ0v) is 9.32. The van der Waals surface area contributed by atoms with Crippen LogP contribution in [0.15, 0.2) is 0 Å². The summed E-state index contributed by atoms with van der Waals surface area (Å²) in [6.45, 7) is 2.02. The van der Waals surface area contributed by atoms with E-state index in [-0.39, 0.29) is 12.0 Å². The van der Waals surface area contributed by atoms with Crippen molar-refractivity contribution in [3.8, 4) is 0 Å². The minimum Gasteiger partial charge on any atom is -0.469 e. The topological polar surface area (TPSA) is 55.6 Å². The number of rotatable bonds is 3. The van der Waals surface area contributed by atoms with Gasteiger partial charge in [0.25, 0.3) is 0 Å².